The van der Waals surface area contributed by atoms with Crippen molar-refractivity contribution in [2.24, 2.45) is 5.73 Å². The van der Waals surface area contributed by atoms with Gasteiger partial charge in [-0.1, -0.05) is 0 Å². The number of sulfonamides is 1. The maximum Gasteiger partial charge on any atom is 0.417 e. The van der Waals surface area contributed by atoms with Crippen LogP contribution in [0.1, 0.15) is 6.92 Å². The van der Waals surface area contributed by atoms with Crippen molar-refractivity contribution in [1.82, 2.24) is 9.71 Å². The van der Waals surface area contributed by atoms with Gasteiger partial charge in [0, 0.05) is 18.7 Å². The van der Waals surface area contributed by atoms with Crippen LogP contribution in [-0.2, 0) is 10.0 Å². The van der Waals surface area contributed by atoms with Crippen LogP contribution in [-0.4, -0.2) is 26.0 Å². The molecule has 0 bridgehead atoms. The third-order valence-corrected chi connectivity index (χ3v) is 3.72. The Labute approximate surface area is 103 Å². The molecule has 0 spiro atoms. The summed E-state index contributed by atoms with van der Waals surface area (Å²) in [6.45, 7) is 1.83. The molecule has 18 heavy (non-hydrogen) atoms. The van der Waals surface area contributed by atoms with Gasteiger partial charge in [0.25, 0.3) is 0 Å². The molecule has 7 nitrogen and oxygen atoms in total. The predicted octanol–water partition coefficient (Wildman–Crippen LogP) is -0.253. The van der Waals surface area contributed by atoms with Gasteiger partial charge in [0.2, 0.25) is 10.0 Å². The lowest BCUT2D eigenvalue weighted by atomic mass is 10.3. The number of benzene rings is 1. The number of rotatable bonds is 4. The van der Waals surface area contributed by atoms with Crippen LogP contribution in [0, 0.1) is 0 Å². The molecule has 1 unspecified atom stereocenters. The lowest BCUT2D eigenvalue weighted by molar-refractivity contribution is 0.553. The summed E-state index contributed by atoms with van der Waals surface area (Å²) >= 11 is 0. The van der Waals surface area contributed by atoms with Crippen molar-refractivity contribution < 1.29 is 12.8 Å². The minimum Gasteiger partial charge on any atom is -0.408 e. The Balaban J connectivity index is 2.38. The average Bonchev–Trinajstić information content (AvgIpc) is 2.65. The molecule has 0 aliphatic carbocycles. The number of H-pyrrole nitrogens is 1. The SMILES string of the molecule is CC(N)CNS(=O)(=O)c1ccc2[nH]c(=O)oc2c1. The molecule has 0 saturated heterocycles. The zero-order valence-corrected chi connectivity index (χ0v) is 10.5. The lowest BCUT2D eigenvalue weighted by Crippen LogP contribution is -2.35. The largest absolute Gasteiger partial charge is 0.417 e. The summed E-state index contributed by atoms with van der Waals surface area (Å²) < 4.78 is 30.9. The number of nitrogens with one attached hydrogen (secondary N) is 2. The molecule has 0 fully saturated rings. The van der Waals surface area contributed by atoms with E-state index in [2.05, 4.69) is 9.71 Å². The molecule has 98 valence electrons. The third kappa shape index (κ3) is 2.61. The number of fused-ring (bicyclic) bond motifs is 1. The summed E-state index contributed by atoms with van der Waals surface area (Å²) in [5.41, 5.74) is 6.13. The Morgan fingerprint density at radius 1 is 1.50 bits per heavy atom. The Bertz CT molecular complexity index is 714. The Morgan fingerprint density at radius 2 is 2.22 bits per heavy atom. The number of nitrogens with two attached hydrogens (primary N) is 1. The molecule has 0 amide bonds. The van der Waals surface area contributed by atoms with E-state index in [0.717, 1.165) is 0 Å². The van der Waals surface area contributed by atoms with Crippen molar-refractivity contribution in [3.8, 4) is 0 Å². The van der Waals surface area contributed by atoms with Gasteiger partial charge in [-0.05, 0) is 19.1 Å². The van der Waals surface area contributed by atoms with E-state index in [0.29, 0.717) is 5.52 Å². The molecule has 4 N–H and O–H groups in total. The van der Waals surface area contributed by atoms with E-state index < -0.39 is 15.8 Å². The van der Waals surface area contributed by atoms with Crippen LogP contribution >= 0.6 is 0 Å². The molecular weight excluding hydrogens is 258 g/mol. The van der Waals surface area contributed by atoms with Crippen molar-refractivity contribution in [3.63, 3.8) is 0 Å². The van der Waals surface area contributed by atoms with E-state index in [9.17, 15) is 13.2 Å². The standard InChI is InChI=1S/C10H13N3O4S/c1-6(11)5-12-18(15,16)7-2-3-8-9(4-7)17-10(14)13-8/h2-4,6,12H,5,11H2,1H3,(H,13,14). The predicted molar refractivity (Wildman–Crippen MR) is 65.7 cm³/mol. The van der Waals surface area contributed by atoms with E-state index in [1.54, 1.807) is 6.92 Å². The normalized spacial score (nSPS) is 13.9. The van der Waals surface area contributed by atoms with Crippen LogP contribution in [0.15, 0.2) is 32.3 Å². The molecule has 0 aliphatic heterocycles. The van der Waals surface area contributed by atoms with Crippen LogP contribution in [0.5, 0.6) is 0 Å². The Hall–Kier alpha value is -1.64. The topological polar surface area (TPSA) is 118 Å². The maximum absolute atomic E-state index is 11.9. The summed E-state index contributed by atoms with van der Waals surface area (Å²) in [6.07, 6.45) is 0. The van der Waals surface area contributed by atoms with Gasteiger partial charge >= 0.3 is 5.76 Å². The highest BCUT2D eigenvalue weighted by atomic mass is 32.2. The highest BCUT2D eigenvalue weighted by Crippen LogP contribution is 2.16. The van der Waals surface area contributed by atoms with Crippen molar-refractivity contribution in [1.29, 1.82) is 0 Å². The summed E-state index contributed by atoms with van der Waals surface area (Å²) in [6, 6.07) is 3.86. The summed E-state index contributed by atoms with van der Waals surface area (Å²) in [5, 5.41) is 0. The molecule has 0 aliphatic rings. The molecule has 0 radical (unpaired) electrons. The van der Waals surface area contributed by atoms with E-state index in [1.165, 1.54) is 18.2 Å². The highest BCUT2D eigenvalue weighted by molar-refractivity contribution is 7.89. The van der Waals surface area contributed by atoms with Crippen LogP contribution in [0.2, 0.25) is 0 Å². The molecule has 8 heteroatoms. The third-order valence-electron chi connectivity index (χ3n) is 2.30. The van der Waals surface area contributed by atoms with Gasteiger partial charge in [-0.2, -0.15) is 0 Å². The number of aromatic nitrogens is 1. The van der Waals surface area contributed by atoms with Crippen LogP contribution in [0.3, 0.4) is 0 Å². The smallest absolute Gasteiger partial charge is 0.408 e. The van der Waals surface area contributed by atoms with E-state index in [1.807, 2.05) is 0 Å². The van der Waals surface area contributed by atoms with Crippen LogP contribution in [0.25, 0.3) is 11.1 Å². The van der Waals surface area contributed by atoms with Gasteiger partial charge in [-0.25, -0.2) is 17.9 Å². The molecular formula is C10H13N3O4S. The quantitative estimate of drug-likeness (QED) is 0.708. The van der Waals surface area contributed by atoms with Crippen molar-refractivity contribution in [2.75, 3.05) is 6.54 Å². The van der Waals surface area contributed by atoms with E-state index >= 15 is 0 Å². The van der Waals surface area contributed by atoms with Crippen molar-refractivity contribution in [2.45, 2.75) is 17.9 Å². The average molecular weight is 271 g/mol. The fourth-order valence-corrected chi connectivity index (χ4v) is 2.58. The molecule has 1 atom stereocenters. The number of hydrogen-bond donors (Lipinski definition) is 3. The maximum atomic E-state index is 11.9. The highest BCUT2D eigenvalue weighted by Gasteiger charge is 2.15. The van der Waals surface area contributed by atoms with Gasteiger partial charge in [0.05, 0.1) is 10.4 Å². The monoisotopic (exact) mass is 271 g/mol. The molecule has 2 aromatic rings. The van der Waals surface area contributed by atoms with Gasteiger partial charge in [0.15, 0.2) is 5.58 Å². The zero-order valence-electron chi connectivity index (χ0n) is 9.64. The van der Waals surface area contributed by atoms with E-state index in [4.69, 9.17) is 10.2 Å². The second kappa shape index (κ2) is 4.56. The Morgan fingerprint density at radius 3 is 2.89 bits per heavy atom. The first kappa shape index (κ1) is 12.8. The molecule has 0 saturated carbocycles. The molecule has 1 aromatic heterocycles. The van der Waals surface area contributed by atoms with Crippen LogP contribution < -0.4 is 16.2 Å². The molecule has 2 rings (SSSR count). The van der Waals surface area contributed by atoms with Gasteiger partial charge in [-0.3, -0.25) is 4.98 Å². The minimum absolute atomic E-state index is 0.0263. The van der Waals surface area contributed by atoms with Crippen molar-refractivity contribution >= 4 is 21.1 Å². The number of oxazole rings is 1. The summed E-state index contributed by atoms with van der Waals surface area (Å²) in [4.78, 5) is 13.4. The molecule has 1 aromatic carbocycles. The number of hydrogen-bond acceptors (Lipinski definition) is 5. The van der Waals surface area contributed by atoms with Crippen molar-refractivity contribution in [3.05, 3.63) is 28.7 Å². The lowest BCUT2D eigenvalue weighted by Gasteiger charge is -2.08. The first-order valence-electron chi connectivity index (χ1n) is 5.26. The first-order chi connectivity index (χ1) is 8.38. The fraction of sp³-hybridized carbons (Fsp3) is 0.300. The van der Waals surface area contributed by atoms with E-state index in [-0.39, 0.29) is 23.1 Å². The summed E-state index contributed by atoms with van der Waals surface area (Å²) in [5.74, 6) is -0.622. The van der Waals surface area contributed by atoms with Gasteiger partial charge in [-0.15, -0.1) is 0 Å². The second-order valence-corrected chi connectivity index (χ2v) is 5.77. The second-order valence-electron chi connectivity index (χ2n) is 4.00. The first-order valence-corrected chi connectivity index (χ1v) is 6.75. The summed E-state index contributed by atoms with van der Waals surface area (Å²) in [7, 11) is -3.64. The van der Waals surface area contributed by atoms with Crippen LogP contribution in [0.4, 0.5) is 0 Å². The Kier molecular flexibility index (Phi) is 3.24. The zero-order chi connectivity index (χ0) is 13.3. The fourth-order valence-electron chi connectivity index (χ4n) is 1.42. The minimum atomic E-state index is -3.64. The van der Waals surface area contributed by atoms with Gasteiger partial charge < -0.3 is 10.2 Å². The number of aromatic amines is 1. The van der Waals surface area contributed by atoms with Gasteiger partial charge in [0.1, 0.15) is 0 Å². The molecule has 1 heterocycles.